The third-order valence-electron chi connectivity index (χ3n) is 3.20. The maximum Gasteiger partial charge on any atom is 0.151 e. The number of aryl methyl sites for hydroxylation is 2. The number of hydrazone groups is 1. The van der Waals surface area contributed by atoms with Gasteiger partial charge in [-0.15, -0.1) is 0 Å². The summed E-state index contributed by atoms with van der Waals surface area (Å²) in [6.45, 7) is 5.90. The minimum absolute atomic E-state index is 0.148. The first-order valence-corrected chi connectivity index (χ1v) is 6.30. The van der Waals surface area contributed by atoms with E-state index in [-0.39, 0.29) is 5.69 Å². The van der Waals surface area contributed by atoms with Crippen LogP contribution in [0.4, 0.5) is 14.5 Å². The first kappa shape index (κ1) is 14.2. The van der Waals surface area contributed by atoms with Gasteiger partial charge >= 0.3 is 0 Å². The topological polar surface area (TPSA) is 24.4 Å². The molecule has 0 aliphatic rings. The molecule has 2 rings (SSSR count). The maximum atomic E-state index is 13.4. The van der Waals surface area contributed by atoms with Crippen LogP contribution in [0.5, 0.6) is 0 Å². The molecule has 4 heteroatoms. The fourth-order valence-electron chi connectivity index (χ4n) is 1.76. The van der Waals surface area contributed by atoms with Crippen LogP contribution >= 0.6 is 0 Å². The second-order valence-corrected chi connectivity index (χ2v) is 4.73. The predicted molar refractivity (Wildman–Crippen MR) is 78.1 cm³/mol. The van der Waals surface area contributed by atoms with Gasteiger partial charge in [0.1, 0.15) is 5.82 Å². The van der Waals surface area contributed by atoms with E-state index in [1.54, 1.807) is 0 Å². The quantitative estimate of drug-likeness (QED) is 0.650. The van der Waals surface area contributed by atoms with Crippen molar-refractivity contribution in [2.24, 2.45) is 5.10 Å². The summed E-state index contributed by atoms with van der Waals surface area (Å²) in [4.78, 5) is 0. The van der Waals surface area contributed by atoms with E-state index in [9.17, 15) is 8.78 Å². The standard InChI is InChI=1S/C16H16F2N2/c1-10-4-5-13(8-11(10)2)12(3)19-20-16-7-6-14(17)9-15(16)18/h4-9,20H,1-3H3/b19-12+. The number of benzene rings is 2. The van der Waals surface area contributed by atoms with Crippen molar-refractivity contribution in [3.63, 3.8) is 0 Å². The lowest BCUT2D eigenvalue weighted by Crippen LogP contribution is -2.02. The van der Waals surface area contributed by atoms with Crippen molar-refractivity contribution in [2.45, 2.75) is 20.8 Å². The summed E-state index contributed by atoms with van der Waals surface area (Å²) in [6, 6.07) is 9.33. The van der Waals surface area contributed by atoms with Gasteiger partial charge in [-0.1, -0.05) is 12.1 Å². The summed E-state index contributed by atoms with van der Waals surface area (Å²) >= 11 is 0. The number of anilines is 1. The lowest BCUT2D eigenvalue weighted by Gasteiger charge is -2.07. The summed E-state index contributed by atoms with van der Waals surface area (Å²) in [5.41, 5.74) is 6.84. The maximum absolute atomic E-state index is 13.4. The first-order valence-electron chi connectivity index (χ1n) is 6.30. The number of nitrogens with zero attached hydrogens (tertiary/aromatic N) is 1. The Labute approximate surface area is 117 Å². The zero-order valence-electron chi connectivity index (χ0n) is 11.7. The molecule has 0 atom stereocenters. The number of hydrogen-bond acceptors (Lipinski definition) is 2. The van der Waals surface area contributed by atoms with Crippen molar-refractivity contribution in [3.05, 3.63) is 64.7 Å². The minimum atomic E-state index is -0.665. The lowest BCUT2D eigenvalue weighted by atomic mass is 10.0. The molecule has 0 saturated carbocycles. The third kappa shape index (κ3) is 3.20. The SMILES string of the molecule is C/C(=N\Nc1ccc(F)cc1F)c1ccc(C)c(C)c1. The van der Waals surface area contributed by atoms with E-state index < -0.39 is 11.6 Å². The molecule has 2 nitrogen and oxygen atoms in total. The summed E-state index contributed by atoms with van der Waals surface area (Å²) in [6.07, 6.45) is 0. The lowest BCUT2D eigenvalue weighted by molar-refractivity contribution is 0.585. The van der Waals surface area contributed by atoms with Crippen molar-refractivity contribution in [2.75, 3.05) is 5.43 Å². The normalized spacial score (nSPS) is 11.6. The Hall–Kier alpha value is -2.23. The van der Waals surface area contributed by atoms with Gasteiger partial charge in [0.15, 0.2) is 5.82 Å². The molecule has 0 heterocycles. The molecule has 2 aromatic rings. The molecule has 0 aliphatic heterocycles. The number of hydrogen-bond donors (Lipinski definition) is 1. The highest BCUT2D eigenvalue weighted by molar-refractivity contribution is 5.99. The van der Waals surface area contributed by atoms with Crippen LogP contribution in [-0.2, 0) is 0 Å². The molecule has 0 bridgehead atoms. The molecule has 0 aromatic heterocycles. The highest BCUT2D eigenvalue weighted by Gasteiger charge is 2.04. The van der Waals surface area contributed by atoms with Crippen LogP contribution in [0.1, 0.15) is 23.6 Å². The Balaban J connectivity index is 2.20. The van der Waals surface area contributed by atoms with E-state index >= 15 is 0 Å². The summed E-state index contributed by atoms with van der Waals surface area (Å²) in [5, 5.41) is 4.13. The van der Waals surface area contributed by atoms with E-state index in [0.717, 1.165) is 17.3 Å². The van der Waals surface area contributed by atoms with Crippen LogP contribution in [0.15, 0.2) is 41.5 Å². The van der Waals surface area contributed by atoms with Gasteiger partial charge in [-0.05, 0) is 55.7 Å². The number of rotatable bonds is 3. The molecule has 104 valence electrons. The molecule has 0 amide bonds. The molecule has 0 spiro atoms. The highest BCUT2D eigenvalue weighted by atomic mass is 19.1. The first-order chi connectivity index (χ1) is 9.47. The van der Waals surface area contributed by atoms with E-state index in [0.29, 0.717) is 0 Å². The van der Waals surface area contributed by atoms with Gasteiger partial charge < -0.3 is 0 Å². The molecular weight excluding hydrogens is 258 g/mol. The second-order valence-electron chi connectivity index (χ2n) is 4.73. The van der Waals surface area contributed by atoms with Crippen molar-refractivity contribution in [1.29, 1.82) is 0 Å². The van der Waals surface area contributed by atoms with Gasteiger partial charge in [-0.3, -0.25) is 5.43 Å². The Bertz CT molecular complexity index is 664. The van der Waals surface area contributed by atoms with Crippen LogP contribution in [-0.4, -0.2) is 5.71 Å². The van der Waals surface area contributed by atoms with Gasteiger partial charge in [0.25, 0.3) is 0 Å². The average Bonchev–Trinajstić information content (AvgIpc) is 2.40. The number of halogens is 2. The Morgan fingerprint density at radius 2 is 1.75 bits per heavy atom. The van der Waals surface area contributed by atoms with Crippen LogP contribution < -0.4 is 5.43 Å². The van der Waals surface area contributed by atoms with Gasteiger partial charge in [-0.25, -0.2) is 8.78 Å². The van der Waals surface area contributed by atoms with Crippen molar-refractivity contribution in [1.82, 2.24) is 0 Å². The zero-order chi connectivity index (χ0) is 14.7. The minimum Gasteiger partial charge on any atom is -0.275 e. The van der Waals surface area contributed by atoms with Gasteiger partial charge in [-0.2, -0.15) is 5.10 Å². The molecule has 1 N–H and O–H groups in total. The molecule has 20 heavy (non-hydrogen) atoms. The van der Waals surface area contributed by atoms with E-state index in [1.807, 2.05) is 39.0 Å². The average molecular weight is 274 g/mol. The van der Waals surface area contributed by atoms with Crippen LogP contribution in [0.25, 0.3) is 0 Å². The molecule has 0 aliphatic carbocycles. The largest absolute Gasteiger partial charge is 0.275 e. The number of nitrogens with one attached hydrogen (secondary N) is 1. The highest BCUT2D eigenvalue weighted by Crippen LogP contribution is 2.16. The fourth-order valence-corrected chi connectivity index (χ4v) is 1.76. The summed E-state index contributed by atoms with van der Waals surface area (Å²) in [5.74, 6) is -1.27. The molecule has 0 saturated heterocycles. The predicted octanol–water partition coefficient (Wildman–Crippen LogP) is 4.42. The van der Waals surface area contributed by atoms with Crippen molar-refractivity contribution < 1.29 is 8.78 Å². The summed E-state index contributed by atoms with van der Waals surface area (Å²) in [7, 11) is 0. The van der Waals surface area contributed by atoms with Crippen molar-refractivity contribution in [3.8, 4) is 0 Å². The third-order valence-corrected chi connectivity index (χ3v) is 3.20. The van der Waals surface area contributed by atoms with Gasteiger partial charge in [0.2, 0.25) is 0 Å². The molecular formula is C16H16F2N2. The molecule has 0 fully saturated rings. The van der Waals surface area contributed by atoms with Crippen molar-refractivity contribution >= 4 is 11.4 Å². The van der Waals surface area contributed by atoms with Gasteiger partial charge in [0.05, 0.1) is 11.4 Å². The Morgan fingerprint density at radius 1 is 1.00 bits per heavy atom. The van der Waals surface area contributed by atoms with Gasteiger partial charge in [0, 0.05) is 6.07 Å². The molecule has 0 radical (unpaired) electrons. The smallest absolute Gasteiger partial charge is 0.151 e. The fraction of sp³-hybridized carbons (Fsp3) is 0.188. The van der Waals surface area contributed by atoms with E-state index in [4.69, 9.17) is 0 Å². The summed E-state index contributed by atoms with van der Waals surface area (Å²) < 4.78 is 26.2. The molecule has 0 unspecified atom stereocenters. The van der Waals surface area contributed by atoms with E-state index in [1.165, 1.54) is 23.3 Å². The Kier molecular flexibility index (Phi) is 4.13. The Morgan fingerprint density at radius 3 is 2.40 bits per heavy atom. The zero-order valence-corrected chi connectivity index (χ0v) is 11.7. The monoisotopic (exact) mass is 274 g/mol. The van der Waals surface area contributed by atoms with E-state index in [2.05, 4.69) is 10.5 Å². The second kappa shape index (κ2) is 5.82. The molecule has 2 aromatic carbocycles. The van der Waals surface area contributed by atoms with Crippen LogP contribution in [0.3, 0.4) is 0 Å². The van der Waals surface area contributed by atoms with Crippen LogP contribution in [0.2, 0.25) is 0 Å². The van der Waals surface area contributed by atoms with Crippen LogP contribution in [0, 0.1) is 25.5 Å².